The van der Waals surface area contributed by atoms with Crippen molar-refractivity contribution in [2.45, 2.75) is 120 Å². The van der Waals surface area contributed by atoms with E-state index in [0.717, 1.165) is 141 Å². The summed E-state index contributed by atoms with van der Waals surface area (Å²) < 4.78 is 21.1. The molecule has 20 rings (SSSR count). The number of hydrogen-bond donors (Lipinski definition) is 0. The van der Waals surface area contributed by atoms with Crippen LogP contribution in [0.25, 0.3) is 83.6 Å². The Morgan fingerprint density at radius 3 is 0.783 bits per heavy atom. The van der Waals surface area contributed by atoms with Gasteiger partial charge in [-0.15, -0.1) is 0 Å². The maximum atomic E-state index is 12.8. The number of carbonyl (C=O) groups excluding carboxylic acids is 5. The van der Waals surface area contributed by atoms with Crippen molar-refractivity contribution < 1.29 is 33.4 Å². The molecule has 0 N–H and O–H groups in total. The van der Waals surface area contributed by atoms with Crippen LogP contribution in [0.3, 0.4) is 0 Å². The number of fused-ring (bicyclic) bond motifs is 5. The van der Waals surface area contributed by atoms with Crippen LogP contribution in [0.2, 0.25) is 5.02 Å². The highest BCUT2D eigenvalue weighted by molar-refractivity contribution is 6.31. The summed E-state index contributed by atoms with van der Waals surface area (Å²) in [5, 5.41) is 0.706. The Bertz CT molecular complexity index is 7630. The van der Waals surface area contributed by atoms with E-state index in [2.05, 4.69) is 222 Å². The molecule has 5 heterocycles. The number of aryl methyl sites for hydroxylation is 13. The Morgan fingerprint density at radius 2 is 0.493 bits per heavy atom. The molecule has 0 bridgehead atoms. The van der Waals surface area contributed by atoms with E-state index in [1.54, 1.807) is 20.5 Å². The Hall–Kier alpha value is -16.1. The molecule has 138 heavy (non-hydrogen) atoms. The molecule has 5 aromatic heterocycles. The van der Waals surface area contributed by atoms with Crippen LogP contribution in [0.1, 0.15) is 156 Å². The number of ether oxygens (including phenoxy) is 2. The topological polar surface area (TPSA) is 193 Å². The van der Waals surface area contributed by atoms with Gasteiger partial charge in [-0.2, -0.15) is 0 Å². The second kappa shape index (κ2) is 44.4. The summed E-state index contributed by atoms with van der Waals surface area (Å²) in [7, 11) is 3.32. The molecule has 0 saturated heterocycles. The van der Waals surface area contributed by atoms with Gasteiger partial charge in [-0.1, -0.05) is 180 Å². The molecular formula is C120H109ClN10O7. The number of rotatable bonds is 27. The largest absolute Gasteiger partial charge is 0.496 e. The quantitative estimate of drug-likeness (QED) is 0.0443. The third kappa shape index (κ3) is 23.6. The molecule has 0 spiro atoms. The second-order valence-electron chi connectivity index (χ2n) is 35.1. The molecule has 0 saturated carbocycles. The highest BCUT2D eigenvalue weighted by Gasteiger charge is 2.20. The predicted molar refractivity (Wildman–Crippen MR) is 557 cm³/mol. The van der Waals surface area contributed by atoms with Crippen LogP contribution in [0, 0.1) is 55.4 Å². The van der Waals surface area contributed by atoms with Gasteiger partial charge in [0.2, 0.25) is 0 Å². The fourth-order valence-corrected chi connectivity index (χ4v) is 17.2. The van der Waals surface area contributed by atoms with E-state index in [9.17, 15) is 24.0 Å². The van der Waals surface area contributed by atoms with E-state index in [4.69, 9.17) is 21.1 Å². The van der Waals surface area contributed by atoms with Crippen molar-refractivity contribution in [3.63, 3.8) is 0 Å². The minimum absolute atomic E-state index is 0.0990. The fourth-order valence-electron chi connectivity index (χ4n) is 17.0. The first kappa shape index (κ1) is 95.1. The average molecular weight is 1840 g/mol. The minimum Gasteiger partial charge on any atom is -0.496 e. The Morgan fingerprint density at radius 1 is 0.239 bits per heavy atom. The summed E-state index contributed by atoms with van der Waals surface area (Å²) in [6, 6.07) is 109. The van der Waals surface area contributed by atoms with Crippen molar-refractivity contribution in [1.29, 1.82) is 0 Å². The molecule has 18 heteroatoms. The van der Waals surface area contributed by atoms with E-state index in [-0.39, 0.29) is 28.9 Å². The van der Waals surface area contributed by atoms with Gasteiger partial charge in [-0.3, -0.25) is 46.8 Å². The number of aromatic nitrogens is 10. The van der Waals surface area contributed by atoms with Gasteiger partial charge in [0.05, 0.1) is 69.4 Å². The second-order valence-corrected chi connectivity index (χ2v) is 35.5. The van der Waals surface area contributed by atoms with Gasteiger partial charge in [0.1, 0.15) is 43.1 Å². The average Bonchev–Trinajstić information content (AvgIpc) is 1.65. The van der Waals surface area contributed by atoms with Crippen molar-refractivity contribution in [2.24, 2.45) is 0 Å². The van der Waals surface area contributed by atoms with Crippen LogP contribution in [0.5, 0.6) is 11.5 Å². The molecule has 688 valence electrons. The lowest BCUT2D eigenvalue weighted by molar-refractivity contribution is 0.0975. The number of methoxy groups -OCH3 is 2. The van der Waals surface area contributed by atoms with E-state index in [1.165, 1.54) is 50.1 Å². The molecule has 0 aliphatic rings. The normalized spacial score (nSPS) is 11.0. The molecule has 0 fully saturated rings. The molecule has 0 radical (unpaired) electrons. The van der Waals surface area contributed by atoms with E-state index < -0.39 is 0 Å². The molecule has 0 amide bonds. The number of para-hydroxylation sites is 1. The Balaban J connectivity index is 0.000000125. The van der Waals surface area contributed by atoms with E-state index >= 15 is 0 Å². The summed E-state index contributed by atoms with van der Waals surface area (Å²) in [5.74, 6) is 2.29. The van der Waals surface area contributed by atoms with Crippen LogP contribution >= 0.6 is 11.6 Å². The van der Waals surface area contributed by atoms with Crippen molar-refractivity contribution in [1.82, 2.24) is 47.8 Å². The Kier molecular flexibility index (Phi) is 30.6. The van der Waals surface area contributed by atoms with Crippen LogP contribution in [0.4, 0.5) is 0 Å². The SMILES string of the molecule is COc1cc(C)ccc1CCC(=O)c1ccc2c(c1)ncn2-c1cccc(C)c1.COc1ccccc1CCC(=O)c1ccc2c(c1)ncn2-c1cccc(C)c1.Cc1ccc(CCC(=O)c2ccc3c(c2)ncn3-c2cccc(C)c2)cc1.Cc1ccc(CCC(=O)c2ccc3c(c2)ncn3-c2cccc(C)c2)cc1.Cc1cccc(-n2cnc3cc(C(=O)CCc4ccccc4Cl)ccc32)c1. The summed E-state index contributed by atoms with van der Waals surface area (Å²) in [6.45, 7) is 16.5. The first-order chi connectivity index (χ1) is 67.0. The van der Waals surface area contributed by atoms with Crippen molar-refractivity contribution >= 4 is 95.7 Å². The van der Waals surface area contributed by atoms with E-state index in [1.807, 2.05) is 234 Å². The van der Waals surface area contributed by atoms with Crippen LogP contribution in [-0.2, 0) is 32.1 Å². The maximum absolute atomic E-state index is 12.8. The molecule has 15 aromatic carbocycles. The third-order valence-corrected chi connectivity index (χ3v) is 25.1. The number of benzene rings is 15. The van der Waals surface area contributed by atoms with Crippen LogP contribution in [0.15, 0.2) is 359 Å². The summed E-state index contributed by atoms with van der Waals surface area (Å²) in [4.78, 5) is 85.9. The standard InChI is InChI=1S/C25H24N2O2.C24H22N2O2.2C24H22N2O.C23H19ClN2O/c1-17-5-4-6-21(13-17)27-16-26-22-15-20(9-11-23(22)27)24(28)12-10-19-8-7-18(2)14-25(19)29-3;1-17-6-5-8-20(14-17)26-16-25-21-15-19(10-12-22(21)26)23(27)13-11-18-7-3-4-9-24(18)28-2;2*1-17-6-8-19(9-7-17)10-13-24(27)20-11-12-23-22(15-20)25-16-26(23)21-5-3-4-18(2)14-21;1-16-5-4-7-19(13-16)26-15-25-21-14-18(9-11-22(21)26)23(27)12-10-17-6-2-3-8-20(17)24/h4-9,11,13-16H,10,12H2,1-3H3;3-10,12,14-16H,11,13H2,1-2H3;2*3-9,11-12,14-16H,10,13H2,1-2H3;2-9,11,13-15H,10,12H2,1H3. The third-order valence-electron chi connectivity index (χ3n) is 24.7. The first-order valence-electron chi connectivity index (χ1n) is 46.5. The molecule has 0 aliphatic heterocycles. The van der Waals surface area contributed by atoms with Gasteiger partial charge < -0.3 is 9.47 Å². The molecule has 17 nitrogen and oxygen atoms in total. The zero-order chi connectivity index (χ0) is 96.3. The highest BCUT2D eigenvalue weighted by Crippen LogP contribution is 2.31. The number of ketones is 5. The van der Waals surface area contributed by atoms with Gasteiger partial charge in [-0.25, -0.2) is 24.9 Å². The van der Waals surface area contributed by atoms with Gasteiger partial charge in [0.15, 0.2) is 28.9 Å². The van der Waals surface area contributed by atoms with Crippen molar-refractivity contribution in [3.05, 3.63) is 464 Å². The predicted octanol–water partition coefficient (Wildman–Crippen LogP) is 27.3. The zero-order valence-electron chi connectivity index (χ0n) is 79.3. The van der Waals surface area contributed by atoms with E-state index in [0.29, 0.717) is 73.1 Å². The van der Waals surface area contributed by atoms with Gasteiger partial charge in [-0.05, 0) is 319 Å². The van der Waals surface area contributed by atoms with Crippen molar-refractivity contribution in [2.75, 3.05) is 14.2 Å². The lowest BCUT2D eigenvalue weighted by Crippen LogP contribution is -2.03. The molecule has 20 aromatic rings. The van der Waals surface area contributed by atoms with Crippen LogP contribution in [-0.4, -0.2) is 90.9 Å². The number of carbonyl (C=O) groups is 5. The first-order valence-corrected chi connectivity index (χ1v) is 46.9. The van der Waals surface area contributed by atoms with Gasteiger partial charge in [0.25, 0.3) is 0 Å². The highest BCUT2D eigenvalue weighted by atomic mass is 35.5. The molecule has 0 atom stereocenters. The molecular weight excluding hydrogens is 1730 g/mol. The number of hydrogen-bond acceptors (Lipinski definition) is 12. The van der Waals surface area contributed by atoms with Crippen molar-refractivity contribution in [3.8, 4) is 39.9 Å². The number of imidazole rings is 5. The molecule has 0 aliphatic carbocycles. The Labute approximate surface area is 809 Å². The minimum atomic E-state index is 0.0990. The summed E-state index contributed by atoms with van der Waals surface area (Å²) >= 11 is 6.18. The monoisotopic (exact) mass is 1840 g/mol. The number of nitrogens with zero attached hydrogens (tertiary/aromatic N) is 10. The lowest BCUT2D eigenvalue weighted by atomic mass is 10.0. The smallest absolute Gasteiger partial charge is 0.163 e. The summed E-state index contributed by atoms with van der Waals surface area (Å²) in [6.07, 6.45) is 14.8. The lowest BCUT2D eigenvalue weighted by Gasteiger charge is -2.09. The van der Waals surface area contributed by atoms with Crippen LogP contribution < -0.4 is 9.47 Å². The van der Waals surface area contributed by atoms with Gasteiger partial charge in [0, 0.05) is 93.4 Å². The zero-order valence-corrected chi connectivity index (χ0v) is 80.1. The number of halogens is 1. The maximum Gasteiger partial charge on any atom is 0.163 e. The van der Waals surface area contributed by atoms with Gasteiger partial charge >= 0.3 is 0 Å². The summed E-state index contributed by atoms with van der Waals surface area (Å²) in [5.41, 5.74) is 33.1. The fraction of sp³-hybridized carbons (Fsp3) is 0.167. The number of Topliss-reactive ketones (excluding diaryl/α,β-unsaturated/α-hetero) is 5. The molecule has 0 unspecified atom stereocenters.